The molecule has 0 aromatic heterocycles. The second-order valence-electron chi connectivity index (χ2n) is 6.70. The lowest BCUT2D eigenvalue weighted by Crippen LogP contribution is -2.54. The summed E-state index contributed by atoms with van der Waals surface area (Å²) in [6.45, 7) is 2.41. The van der Waals surface area contributed by atoms with Gasteiger partial charge in [-0.1, -0.05) is 0 Å². The average molecular weight is 363 g/mol. The smallest absolute Gasteiger partial charge is 0.254 e. The molecule has 1 aromatic rings. The van der Waals surface area contributed by atoms with Crippen LogP contribution in [0, 0.1) is 0 Å². The number of ether oxygens (including phenoxy) is 3. The normalized spacial score (nSPS) is 22.8. The molecule has 2 saturated heterocycles. The van der Waals surface area contributed by atoms with Gasteiger partial charge in [0.2, 0.25) is 5.91 Å². The summed E-state index contributed by atoms with van der Waals surface area (Å²) in [6.07, 6.45) is 0.713. The number of nitrogens with zero attached hydrogens (tertiary/aromatic N) is 2. The molecule has 3 rings (SSSR count). The van der Waals surface area contributed by atoms with Gasteiger partial charge in [-0.2, -0.15) is 0 Å². The first-order chi connectivity index (χ1) is 12.5. The summed E-state index contributed by atoms with van der Waals surface area (Å²) in [5, 5.41) is 0. The minimum Gasteiger partial charge on any atom is -0.493 e. The van der Waals surface area contributed by atoms with Crippen LogP contribution in [0.25, 0.3) is 0 Å². The minimum absolute atomic E-state index is 0.0294. The Hall–Kier alpha value is -2.32. The van der Waals surface area contributed by atoms with Crippen molar-refractivity contribution in [3.63, 3.8) is 0 Å². The second-order valence-corrected chi connectivity index (χ2v) is 6.70. The van der Waals surface area contributed by atoms with Crippen molar-refractivity contribution in [3.05, 3.63) is 23.8 Å². The lowest BCUT2D eigenvalue weighted by molar-refractivity contribution is -0.158. The van der Waals surface area contributed by atoms with Crippen LogP contribution < -0.4 is 15.2 Å². The fourth-order valence-corrected chi connectivity index (χ4v) is 3.43. The summed E-state index contributed by atoms with van der Waals surface area (Å²) in [6, 6.07) is 5.12. The molecule has 8 heteroatoms. The maximum Gasteiger partial charge on any atom is 0.254 e. The Morgan fingerprint density at radius 2 is 2.15 bits per heavy atom. The maximum absolute atomic E-state index is 12.9. The molecule has 2 fully saturated rings. The number of hydrogen-bond donors (Lipinski definition) is 1. The lowest BCUT2D eigenvalue weighted by atomic mass is 10.0. The molecule has 2 aliphatic rings. The zero-order valence-electron chi connectivity index (χ0n) is 15.2. The number of carbonyl (C=O) groups excluding carboxylic acids is 2. The van der Waals surface area contributed by atoms with E-state index in [-0.39, 0.29) is 18.4 Å². The van der Waals surface area contributed by atoms with Crippen molar-refractivity contribution < 1.29 is 23.8 Å². The van der Waals surface area contributed by atoms with Crippen molar-refractivity contribution in [2.75, 3.05) is 53.6 Å². The van der Waals surface area contributed by atoms with Crippen LogP contribution in [0.3, 0.4) is 0 Å². The molecule has 2 heterocycles. The maximum atomic E-state index is 12.9. The van der Waals surface area contributed by atoms with Crippen molar-refractivity contribution in [1.82, 2.24) is 9.80 Å². The molecule has 2 amide bonds. The fraction of sp³-hybridized carbons (Fsp3) is 0.556. The number of amides is 2. The highest BCUT2D eigenvalue weighted by molar-refractivity contribution is 5.95. The third-order valence-electron chi connectivity index (χ3n) is 4.84. The van der Waals surface area contributed by atoms with Gasteiger partial charge in [0.1, 0.15) is 18.8 Å². The number of likely N-dealkylation sites (tertiary alicyclic amines) is 1. The quantitative estimate of drug-likeness (QED) is 0.798. The molecule has 0 radical (unpaired) electrons. The monoisotopic (exact) mass is 363 g/mol. The molecule has 0 bridgehead atoms. The van der Waals surface area contributed by atoms with Gasteiger partial charge in [-0.3, -0.25) is 9.59 Å². The molecular weight excluding hydrogens is 338 g/mol. The molecule has 0 unspecified atom stereocenters. The van der Waals surface area contributed by atoms with Gasteiger partial charge in [-0.15, -0.1) is 0 Å². The van der Waals surface area contributed by atoms with E-state index in [1.54, 1.807) is 35.0 Å². The standard InChI is InChI=1S/C18H25N3O5/c1-20-11-18(26-10-16(20)22)5-7-21(12-18)17(23)13-3-4-14(25-8-6-19)15(9-13)24-2/h3-4,9H,5-8,10-12,19H2,1-2H3/t18-/m0/s1. The lowest BCUT2D eigenvalue weighted by Gasteiger charge is -2.38. The van der Waals surface area contributed by atoms with Crippen LogP contribution in [0.4, 0.5) is 0 Å². The molecular formula is C18H25N3O5. The Labute approximate surface area is 152 Å². The summed E-state index contributed by atoms with van der Waals surface area (Å²) in [5.41, 5.74) is 5.51. The number of hydrogen-bond acceptors (Lipinski definition) is 6. The van der Waals surface area contributed by atoms with Crippen LogP contribution in [0.15, 0.2) is 18.2 Å². The van der Waals surface area contributed by atoms with Gasteiger partial charge < -0.3 is 29.7 Å². The van der Waals surface area contributed by atoms with E-state index in [1.807, 2.05) is 0 Å². The first-order valence-corrected chi connectivity index (χ1v) is 8.66. The van der Waals surface area contributed by atoms with E-state index in [0.717, 1.165) is 0 Å². The Balaban J connectivity index is 1.71. The molecule has 1 aromatic carbocycles. The zero-order valence-corrected chi connectivity index (χ0v) is 15.2. The van der Waals surface area contributed by atoms with Crippen LogP contribution in [-0.4, -0.2) is 80.8 Å². The van der Waals surface area contributed by atoms with E-state index in [4.69, 9.17) is 19.9 Å². The molecule has 26 heavy (non-hydrogen) atoms. The number of likely N-dealkylation sites (N-methyl/N-ethyl adjacent to an activating group) is 1. The Bertz CT molecular complexity index is 695. The molecule has 0 aliphatic carbocycles. The predicted molar refractivity (Wildman–Crippen MR) is 94.4 cm³/mol. The van der Waals surface area contributed by atoms with Gasteiger partial charge in [-0.25, -0.2) is 0 Å². The van der Waals surface area contributed by atoms with Crippen LogP contribution >= 0.6 is 0 Å². The van der Waals surface area contributed by atoms with E-state index in [2.05, 4.69) is 0 Å². The van der Waals surface area contributed by atoms with Crippen LogP contribution in [0.1, 0.15) is 16.8 Å². The number of morpholine rings is 1. The summed E-state index contributed by atoms with van der Waals surface area (Å²) in [7, 11) is 3.30. The predicted octanol–water partition coefficient (Wildman–Crippen LogP) is 0.106. The molecule has 0 saturated carbocycles. The van der Waals surface area contributed by atoms with Crippen molar-refractivity contribution in [1.29, 1.82) is 0 Å². The Kier molecular flexibility index (Phi) is 5.33. The fourth-order valence-electron chi connectivity index (χ4n) is 3.43. The molecule has 1 atom stereocenters. The highest BCUT2D eigenvalue weighted by Crippen LogP contribution is 2.32. The third kappa shape index (κ3) is 3.61. The SMILES string of the molecule is COc1cc(C(=O)N2CC[C@]3(CN(C)C(=O)CO3)C2)ccc1OCCN. The average Bonchev–Trinajstić information content (AvgIpc) is 3.06. The zero-order chi connectivity index (χ0) is 18.7. The van der Waals surface area contributed by atoms with Gasteiger partial charge >= 0.3 is 0 Å². The molecule has 2 aliphatic heterocycles. The van der Waals surface area contributed by atoms with E-state index in [0.29, 0.717) is 56.3 Å². The molecule has 142 valence electrons. The number of benzene rings is 1. The van der Waals surface area contributed by atoms with Gasteiger partial charge in [0.25, 0.3) is 5.91 Å². The van der Waals surface area contributed by atoms with E-state index in [9.17, 15) is 9.59 Å². The molecule has 2 N–H and O–H groups in total. The van der Waals surface area contributed by atoms with Gasteiger partial charge in [0, 0.05) is 25.7 Å². The number of rotatable bonds is 5. The van der Waals surface area contributed by atoms with Gasteiger partial charge in [0.05, 0.1) is 20.2 Å². The summed E-state index contributed by atoms with van der Waals surface area (Å²) in [4.78, 5) is 28.0. The Morgan fingerprint density at radius 1 is 1.35 bits per heavy atom. The summed E-state index contributed by atoms with van der Waals surface area (Å²) in [5.74, 6) is 0.938. The molecule has 8 nitrogen and oxygen atoms in total. The van der Waals surface area contributed by atoms with Gasteiger partial charge in [-0.05, 0) is 24.6 Å². The topological polar surface area (TPSA) is 94.3 Å². The Morgan fingerprint density at radius 3 is 2.85 bits per heavy atom. The number of carbonyl (C=O) groups is 2. The molecule has 1 spiro atoms. The summed E-state index contributed by atoms with van der Waals surface area (Å²) < 4.78 is 16.6. The minimum atomic E-state index is -0.466. The highest BCUT2D eigenvalue weighted by atomic mass is 16.5. The van der Waals surface area contributed by atoms with Crippen LogP contribution in [-0.2, 0) is 9.53 Å². The van der Waals surface area contributed by atoms with E-state index >= 15 is 0 Å². The summed E-state index contributed by atoms with van der Waals surface area (Å²) >= 11 is 0. The first kappa shape index (κ1) is 18.5. The van der Waals surface area contributed by atoms with E-state index in [1.165, 1.54) is 7.11 Å². The van der Waals surface area contributed by atoms with Crippen molar-refractivity contribution in [2.45, 2.75) is 12.0 Å². The van der Waals surface area contributed by atoms with Gasteiger partial charge in [0.15, 0.2) is 11.5 Å². The van der Waals surface area contributed by atoms with Crippen LogP contribution in [0.5, 0.6) is 11.5 Å². The van der Waals surface area contributed by atoms with E-state index < -0.39 is 5.60 Å². The number of nitrogens with two attached hydrogens (primary N) is 1. The van der Waals surface area contributed by atoms with Crippen molar-refractivity contribution in [3.8, 4) is 11.5 Å². The van der Waals surface area contributed by atoms with Crippen LogP contribution in [0.2, 0.25) is 0 Å². The first-order valence-electron chi connectivity index (χ1n) is 8.66. The number of methoxy groups -OCH3 is 1. The largest absolute Gasteiger partial charge is 0.493 e. The van der Waals surface area contributed by atoms with Crippen molar-refractivity contribution >= 4 is 11.8 Å². The third-order valence-corrected chi connectivity index (χ3v) is 4.84. The van der Waals surface area contributed by atoms with Crippen molar-refractivity contribution in [2.24, 2.45) is 5.73 Å². The second kappa shape index (κ2) is 7.51. The highest BCUT2D eigenvalue weighted by Gasteiger charge is 2.45.